The Labute approximate surface area is 131 Å². The Kier molecular flexibility index (Phi) is 3.59. The first-order valence-corrected chi connectivity index (χ1v) is 8.09. The average molecular weight is 402 g/mol. The van der Waals surface area contributed by atoms with E-state index >= 15 is 0 Å². The number of halogens is 1. The van der Waals surface area contributed by atoms with E-state index < -0.39 is 5.92 Å². The van der Waals surface area contributed by atoms with E-state index in [0.717, 1.165) is 3.77 Å². The second kappa shape index (κ2) is 5.22. The molecule has 7 heteroatoms. The zero-order valence-electron chi connectivity index (χ0n) is 9.42. The van der Waals surface area contributed by atoms with Gasteiger partial charge in [-0.25, -0.2) is 4.98 Å². The summed E-state index contributed by atoms with van der Waals surface area (Å²) in [6.45, 7) is 0. The predicted octanol–water partition coefficient (Wildman–Crippen LogP) is 3.76. The number of thiazole rings is 1. The molecule has 3 heterocycles. The third kappa shape index (κ3) is 2.54. The van der Waals surface area contributed by atoms with Crippen LogP contribution in [0.1, 0.15) is 16.7 Å². The van der Waals surface area contributed by atoms with Gasteiger partial charge in [0.25, 0.3) is 0 Å². The Morgan fingerprint density at radius 2 is 2.32 bits per heavy atom. The van der Waals surface area contributed by atoms with Crippen molar-refractivity contribution in [2.45, 2.75) is 5.92 Å². The molecule has 4 nitrogen and oxygen atoms in total. The lowest BCUT2D eigenvalue weighted by Gasteiger charge is -2.01. The first kappa shape index (κ1) is 13.1. The Hall–Kier alpha value is -0.930. The summed E-state index contributed by atoms with van der Waals surface area (Å²) in [5, 5.41) is 10.8. The molecule has 0 aliphatic carbocycles. The molecule has 0 amide bonds. The number of ketones is 1. The monoisotopic (exact) mass is 402 g/mol. The normalized spacial score (nSPS) is 21.5. The minimum Gasteiger partial charge on any atom is -0.451 e. The Bertz CT molecular complexity index is 676. The van der Waals surface area contributed by atoms with E-state index in [9.17, 15) is 4.79 Å². The second-order valence-electron chi connectivity index (χ2n) is 3.78. The van der Waals surface area contributed by atoms with E-state index in [1.54, 1.807) is 12.3 Å². The topological polar surface area (TPSA) is 67.0 Å². The van der Waals surface area contributed by atoms with Crippen LogP contribution in [-0.4, -0.2) is 15.8 Å². The van der Waals surface area contributed by atoms with E-state index in [0.29, 0.717) is 20.7 Å². The number of allylic oxidation sites excluding steroid dienone is 1. The fourth-order valence-corrected chi connectivity index (χ4v) is 3.95. The van der Waals surface area contributed by atoms with Gasteiger partial charge in [0.05, 0.1) is 9.95 Å². The lowest BCUT2D eigenvalue weighted by Crippen LogP contribution is -2.11. The van der Waals surface area contributed by atoms with Crippen LogP contribution in [0.2, 0.25) is 0 Å². The average Bonchev–Trinajstić information content (AvgIpc) is 3.04. The molecule has 0 spiro atoms. The van der Waals surface area contributed by atoms with E-state index in [4.69, 9.17) is 9.83 Å². The largest absolute Gasteiger partial charge is 0.451 e. The highest BCUT2D eigenvalue weighted by atomic mass is 127. The number of carbonyl (C=O) groups excluding carboxylic acids is 1. The van der Waals surface area contributed by atoms with Gasteiger partial charge < -0.3 is 4.42 Å². The lowest BCUT2D eigenvalue weighted by atomic mass is 10.1. The van der Waals surface area contributed by atoms with Crippen molar-refractivity contribution in [1.82, 2.24) is 4.98 Å². The molecular formula is C12H7IN2O2S2. The first-order valence-electron chi connectivity index (χ1n) is 5.32. The minimum absolute atomic E-state index is 0.0728. The van der Waals surface area contributed by atoms with Crippen molar-refractivity contribution < 1.29 is 9.21 Å². The highest BCUT2D eigenvalue weighted by Gasteiger charge is 2.38. The highest BCUT2D eigenvalue weighted by Crippen LogP contribution is 2.41. The van der Waals surface area contributed by atoms with Gasteiger partial charge in [0, 0.05) is 11.6 Å². The summed E-state index contributed by atoms with van der Waals surface area (Å²) < 4.78 is 6.19. The molecule has 0 radical (unpaired) electrons. The molecule has 96 valence electrons. The summed E-state index contributed by atoms with van der Waals surface area (Å²) in [7, 11) is 0. The molecule has 1 aliphatic rings. The fraction of sp³-hybridized carbons (Fsp3) is 0.0833. The standard InChI is InChI=1S/C12H7IN2O2S2/c13-8-2-1-6(17-8)5-7-10(16)9(11(14)19-7)12-15-3-4-18-12/h1-5,9,14H/b7-5-,14-11?/t9-/m1/s1. The number of hydrogen-bond donors (Lipinski definition) is 1. The predicted molar refractivity (Wildman–Crippen MR) is 84.6 cm³/mol. The van der Waals surface area contributed by atoms with Crippen molar-refractivity contribution in [2.75, 3.05) is 0 Å². The van der Waals surface area contributed by atoms with Gasteiger partial charge in [-0.3, -0.25) is 10.2 Å². The zero-order chi connectivity index (χ0) is 13.4. The molecule has 2 aromatic heterocycles. The van der Waals surface area contributed by atoms with Crippen LogP contribution in [0.4, 0.5) is 0 Å². The number of nitrogens with one attached hydrogen (secondary N) is 1. The summed E-state index contributed by atoms with van der Waals surface area (Å²) in [6, 6.07) is 3.64. The molecule has 0 aromatic carbocycles. The van der Waals surface area contributed by atoms with E-state index in [1.807, 2.05) is 17.5 Å². The summed E-state index contributed by atoms with van der Waals surface area (Å²) in [5.74, 6) is 0.0227. The molecule has 0 saturated carbocycles. The minimum atomic E-state index is -0.537. The number of Topliss-reactive ketones (excluding diaryl/α,β-unsaturated/α-hetero) is 1. The molecule has 1 aliphatic heterocycles. The van der Waals surface area contributed by atoms with Gasteiger partial charge >= 0.3 is 0 Å². The van der Waals surface area contributed by atoms with Gasteiger partial charge in [-0.05, 0) is 40.8 Å². The van der Waals surface area contributed by atoms with Gasteiger partial charge in [-0.2, -0.15) is 0 Å². The quantitative estimate of drug-likeness (QED) is 0.614. The molecule has 3 rings (SSSR count). The third-order valence-electron chi connectivity index (χ3n) is 2.55. The summed E-state index contributed by atoms with van der Waals surface area (Å²) in [4.78, 5) is 17.0. The van der Waals surface area contributed by atoms with Gasteiger partial charge in [0.2, 0.25) is 0 Å². The number of carbonyl (C=O) groups is 1. The van der Waals surface area contributed by atoms with Crippen LogP contribution in [-0.2, 0) is 4.79 Å². The third-order valence-corrected chi connectivity index (χ3v) is 4.97. The highest BCUT2D eigenvalue weighted by molar-refractivity contribution is 14.1. The second-order valence-corrected chi connectivity index (χ2v) is 6.86. The molecular weight excluding hydrogens is 395 g/mol. The molecule has 1 atom stereocenters. The van der Waals surface area contributed by atoms with E-state index in [2.05, 4.69) is 27.6 Å². The first-order chi connectivity index (χ1) is 9.15. The van der Waals surface area contributed by atoms with Crippen LogP contribution in [0, 0.1) is 9.18 Å². The fourth-order valence-electron chi connectivity index (χ4n) is 1.73. The number of aromatic nitrogens is 1. The van der Waals surface area contributed by atoms with Crippen LogP contribution < -0.4 is 0 Å². The van der Waals surface area contributed by atoms with Gasteiger partial charge in [0.1, 0.15) is 16.7 Å². The van der Waals surface area contributed by atoms with Crippen LogP contribution in [0.25, 0.3) is 6.08 Å². The summed E-state index contributed by atoms with van der Waals surface area (Å²) in [5.41, 5.74) is 0. The number of thioether (sulfide) groups is 1. The summed E-state index contributed by atoms with van der Waals surface area (Å²) >= 11 is 4.66. The number of hydrogen-bond acceptors (Lipinski definition) is 6. The maximum absolute atomic E-state index is 12.3. The molecule has 1 N–H and O–H groups in total. The van der Waals surface area contributed by atoms with Crippen LogP contribution >= 0.6 is 45.7 Å². The van der Waals surface area contributed by atoms with Gasteiger partial charge in [-0.1, -0.05) is 11.8 Å². The summed E-state index contributed by atoms with van der Waals surface area (Å²) in [6.07, 6.45) is 3.35. The Morgan fingerprint density at radius 1 is 1.47 bits per heavy atom. The van der Waals surface area contributed by atoms with Gasteiger partial charge in [-0.15, -0.1) is 11.3 Å². The SMILES string of the molecule is N=C1S/C(=C\c2ccc(I)o2)C(=O)[C@H]1c1nccs1. The molecule has 0 unspecified atom stereocenters. The maximum Gasteiger partial charge on any atom is 0.186 e. The van der Waals surface area contributed by atoms with Crippen LogP contribution in [0.15, 0.2) is 33.0 Å². The number of furan rings is 1. The Morgan fingerprint density at radius 3 is 2.95 bits per heavy atom. The van der Waals surface area contributed by atoms with E-state index in [1.165, 1.54) is 23.1 Å². The maximum atomic E-state index is 12.3. The molecule has 0 bridgehead atoms. The number of rotatable bonds is 2. The van der Waals surface area contributed by atoms with E-state index in [-0.39, 0.29) is 5.78 Å². The Balaban J connectivity index is 1.93. The molecule has 2 aromatic rings. The smallest absolute Gasteiger partial charge is 0.186 e. The van der Waals surface area contributed by atoms with Gasteiger partial charge in [0.15, 0.2) is 9.55 Å². The molecule has 1 fully saturated rings. The van der Waals surface area contributed by atoms with Crippen LogP contribution in [0.3, 0.4) is 0 Å². The van der Waals surface area contributed by atoms with Crippen molar-refractivity contribution in [2.24, 2.45) is 0 Å². The lowest BCUT2D eigenvalue weighted by molar-refractivity contribution is -0.114. The van der Waals surface area contributed by atoms with Crippen molar-refractivity contribution in [1.29, 1.82) is 5.41 Å². The molecule has 19 heavy (non-hydrogen) atoms. The molecule has 1 saturated heterocycles. The van der Waals surface area contributed by atoms with Crippen LogP contribution in [0.5, 0.6) is 0 Å². The van der Waals surface area contributed by atoms with Crippen molar-refractivity contribution in [3.8, 4) is 0 Å². The van der Waals surface area contributed by atoms with Crippen molar-refractivity contribution in [3.63, 3.8) is 0 Å². The zero-order valence-corrected chi connectivity index (χ0v) is 13.2. The van der Waals surface area contributed by atoms with Crippen molar-refractivity contribution in [3.05, 3.63) is 43.1 Å². The van der Waals surface area contributed by atoms with Crippen molar-refractivity contribution >= 4 is 62.6 Å². The number of nitrogens with zero attached hydrogens (tertiary/aromatic N) is 1.